The number of fused-ring (bicyclic) bond motifs is 1. The molecule has 0 spiro atoms. The summed E-state index contributed by atoms with van der Waals surface area (Å²) in [7, 11) is 0. The summed E-state index contributed by atoms with van der Waals surface area (Å²) >= 11 is 0. The molecule has 3 heteroatoms. The van der Waals surface area contributed by atoms with E-state index in [1.165, 1.54) is 38.5 Å². The molecule has 2 saturated heterocycles. The van der Waals surface area contributed by atoms with Gasteiger partial charge in [-0.1, -0.05) is 12.8 Å². The maximum Gasteiger partial charge on any atom is 0.227 e. The Bertz CT molecular complexity index is 321. The molecule has 1 aliphatic carbocycles. The number of nitrogens with zero attached hydrogens (tertiary/aromatic N) is 1. The minimum absolute atomic E-state index is 0.247. The first-order chi connectivity index (χ1) is 9.25. The predicted molar refractivity (Wildman–Crippen MR) is 76.9 cm³/mol. The Hall–Kier alpha value is -0.570. The second-order valence-electron chi connectivity index (χ2n) is 6.87. The molecule has 1 saturated carbocycles. The first kappa shape index (κ1) is 13.4. The molecule has 1 N–H and O–H groups in total. The van der Waals surface area contributed by atoms with E-state index in [9.17, 15) is 4.79 Å². The first-order valence-electron chi connectivity index (χ1n) is 8.29. The van der Waals surface area contributed by atoms with Crippen LogP contribution in [0, 0.1) is 11.8 Å². The van der Waals surface area contributed by atoms with Crippen LogP contribution in [0.2, 0.25) is 0 Å². The Morgan fingerprint density at radius 2 is 1.84 bits per heavy atom. The van der Waals surface area contributed by atoms with Crippen LogP contribution >= 0.6 is 0 Å². The van der Waals surface area contributed by atoms with E-state index >= 15 is 0 Å². The van der Waals surface area contributed by atoms with Crippen molar-refractivity contribution in [2.75, 3.05) is 13.1 Å². The van der Waals surface area contributed by atoms with E-state index in [0.29, 0.717) is 18.0 Å². The van der Waals surface area contributed by atoms with Gasteiger partial charge in [0.25, 0.3) is 0 Å². The molecule has 3 fully saturated rings. The molecule has 0 bridgehead atoms. The van der Waals surface area contributed by atoms with Crippen molar-refractivity contribution in [1.29, 1.82) is 0 Å². The number of carbonyl (C=O) groups is 1. The van der Waals surface area contributed by atoms with Gasteiger partial charge in [-0.05, 0) is 51.4 Å². The highest BCUT2D eigenvalue weighted by atomic mass is 16.2. The fourth-order valence-electron chi connectivity index (χ4n) is 4.34. The molecule has 19 heavy (non-hydrogen) atoms. The highest BCUT2D eigenvalue weighted by Crippen LogP contribution is 2.36. The first-order valence-corrected chi connectivity index (χ1v) is 8.29. The fraction of sp³-hybridized carbons (Fsp3) is 0.938. The largest absolute Gasteiger partial charge is 0.339 e. The average molecular weight is 264 g/mol. The van der Waals surface area contributed by atoms with Gasteiger partial charge < -0.3 is 10.2 Å². The lowest BCUT2D eigenvalue weighted by atomic mass is 9.77. The summed E-state index contributed by atoms with van der Waals surface area (Å²) in [6.07, 6.45) is 10.1. The molecule has 1 amide bonds. The van der Waals surface area contributed by atoms with E-state index in [0.717, 1.165) is 31.8 Å². The molecule has 3 nitrogen and oxygen atoms in total. The van der Waals surface area contributed by atoms with Gasteiger partial charge >= 0.3 is 0 Å². The van der Waals surface area contributed by atoms with Crippen LogP contribution in [0.15, 0.2) is 0 Å². The van der Waals surface area contributed by atoms with Crippen molar-refractivity contribution in [2.45, 2.75) is 70.4 Å². The third kappa shape index (κ3) is 2.81. The predicted octanol–water partition coefficient (Wildman–Crippen LogP) is 2.56. The lowest BCUT2D eigenvalue weighted by Gasteiger charge is -2.45. The molecule has 3 rings (SSSR count). The van der Waals surface area contributed by atoms with Gasteiger partial charge in [-0.15, -0.1) is 0 Å². The second-order valence-corrected chi connectivity index (χ2v) is 6.87. The number of carbonyl (C=O) groups excluding carboxylic acids is 1. The van der Waals surface area contributed by atoms with Crippen LogP contribution in [0.1, 0.15) is 58.3 Å². The Balaban J connectivity index is 1.64. The summed E-state index contributed by atoms with van der Waals surface area (Å²) in [6, 6.07) is 1.17. The van der Waals surface area contributed by atoms with Crippen molar-refractivity contribution in [3.05, 3.63) is 0 Å². The zero-order valence-corrected chi connectivity index (χ0v) is 12.2. The van der Waals surface area contributed by atoms with Crippen molar-refractivity contribution in [3.63, 3.8) is 0 Å². The molecular formula is C16H28N2O. The Morgan fingerprint density at radius 3 is 2.63 bits per heavy atom. The van der Waals surface area contributed by atoms with Crippen molar-refractivity contribution in [3.8, 4) is 0 Å². The standard InChI is InChI=1S/C16H28N2O/c1-12-8-9-14(11-17-12)16(19)18-10-4-6-13-5-2-3-7-15(13)18/h12-15,17H,2-11H2,1H3/t12?,13-,14?,15-/m1/s1. The smallest absolute Gasteiger partial charge is 0.227 e. The maximum absolute atomic E-state index is 12.8. The van der Waals surface area contributed by atoms with Crippen LogP contribution in [0.3, 0.4) is 0 Å². The summed E-state index contributed by atoms with van der Waals surface area (Å²) in [6.45, 7) is 4.14. The van der Waals surface area contributed by atoms with E-state index in [2.05, 4.69) is 17.1 Å². The van der Waals surface area contributed by atoms with Gasteiger partial charge in [0.05, 0.1) is 5.92 Å². The molecule has 0 aromatic heterocycles. The molecule has 2 heterocycles. The third-order valence-electron chi connectivity index (χ3n) is 5.54. The fourth-order valence-corrected chi connectivity index (χ4v) is 4.34. The summed E-state index contributed by atoms with van der Waals surface area (Å²) in [5.74, 6) is 1.51. The SMILES string of the molecule is CC1CCC(C(=O)N2CCC[C@H]3CCCC[C@H]32)CN1. The number of amides is 1. The summed E-state index contributed by atoms with van der Waals surface area (Å²) in [4.78, 5) is 15.1. The van der Waals surface area contributed by atoms with Crippen LogP contribution in [0.5, 0.6) is 0 Å². The van der Waals surface area contributed by atoms with E-state index in [-0.39, 0.29) is 5.92 Å². The Labute approximate surface area is 117 Å². The van der Waals surface area contributed by atoms with Crippen LogP contribution in [-0.4, -0.2) is 36.0 Å². The normalized spacial score (nSPS) is 39.7. The quantitative estimate of drug-likeness (QED) is 0.789. The second kappa shape index (κ2) is 5.82. The van der Waals surface area contributed by atoms with E-state index < -0.39 is 0 Å². The number of rotatable bonds is 1. The zero-order chi connectivity index (χ0) is 13.2. The minimum Gasteiger partial charge on any atom is -0.339 e. The molecule has 0 aromatic carbocycles. The monoisotopic (exact) mass is 264 g/mol. The number of hydrogen-bond donors (Lipinski definition) is 1. The molecule has 3 aliphatic rings. The molecule has 2 aliphatic heterocycles. The Kier molecular flexibility index (Phi) is 4.11. The van der Waals surface area contributed by atoms with Crippen LogP contribution in [-0.2, 0) is 4.79 Å². The lowest BCUT2D eigenvalue weighted by molar-refractivity contribution is -0.142. The van der Waals surface area contributed by atoms with Crippen molar-refractivity contribution >= 4 is 5.91 Å². The Morgan fingerprint density at radius 1 is 1.05 bits per heavy atom. The zero-order valence-electron chi connectivity index (χ0n) is 12.2. The third-order valence-corrected chi connectivity index (χ3v) is 5.54. The molecule has 0 aromatic rings. The van der Waals surface area contributed by atoms with Gasteiger partial charge in [-0.2, -0.15) is 0 Å². The van der Waals surface area contributed by atoms with Crippen LogP contribution in [0.25, 0.3) is 0 Å². The number of piperidine rings is 2. The van der Waals surface area contributed by atoms with Crippen LogP contribution < -0.4 is 5.32 Å². The van der Waals surface area contributed by atoms with Gasteiger partial charge in [0.2, 0.25) is 5.91 Å². The van der Waals surface area contributed by atoms with Gasteiger partial charge in [-0.25, -0.2) is 0 Å². The summed E-state index contributed by atoms with van der Waals surface area (Å²) < 4.78 is 0. The molecular weight excluding hydrogens is 236 g/mol. The number of nitrogens with one attached hydrogen (secondary N) is 1. The van der Waals surface area contributed by atoms with Gasteiger partial charge in [0.15, 0.2) is 0 Å². The van der Waals surface area contributed by atoms with Crippen molar-refractivity contribution in [1.82, 2.24) is 10.2 Å². The average Bonchev–Trinajstić information content (AvgIpc) is 2.47. The van der Waals surface area contributed by atoms with Gasteiger partial charge in [0, 0.05) is 25.2 Å². The van der Waals surface area contributed by atoms with Gasteiger partial charge in [-0.3, -0.25) is 4.79 Å². The van der Waals surface area contributed by atoms with Crippen molar-refractivity contribution in [2.24, 2.45) is 11.8 Å². The van der Waals surface area contributed by atoms with Crippen LogP contribution in [0.4, 0.5) is 0 Å². The van der Waals surface area contributed by atoms with E-state index in [1.807, 2.05) is 0 Å². The molecule has 4 atom stereocenters. The number of hydrogen-bond acceptors (Lipinski definition) is 2. The highest BCUT2D eigenvalue weighted by Gasteiger charge is 2.38. The van der Waals surface area contributed by atoms with Crippen molar-refractivity contribution < 1.29 is 4.79 Å². The topological polar surface area (TPSA) is 32.3 Å². The van der Waals surface area contributed by atoms with E-state index in [4.69, 9.17) is 0 Å². The molecule has 0 radical (unpaired) electrons. The minimum atomic E-state index is 0.247. The number of likely N-dealkylation sites (tertiary alicyclic amines) is 1. The molecule has 2 unspecified atom stereocenters. The summed E-state index contributed by atoms with van der Waals surface area (Å²) in [5.41, 5.74) is 0. The van der Waals surface area contributed by atoms with E-state index in [1.54, 1.807) is 0 Å². The summed E-state index contributed by atoms with van der Waals surface area (Å²) in [5, 5.41) is 3.48. The molecule has 108 valence electrons. The lowest BCUT2D eigenvalue weighted by Crippen LogP contribution is -2.54. The van der Waals surface area contributed by atoms with Gasteiger partial charge in [0.1, 0.15) is 0 Å². The maximum atomic E-state index is 12.8. The highest BCUT2D eigenvalue weighted by molar-refractivity contribution is 5.79.